The summed E-state index contributed by atoms with van der Waals surface area (Å²) in [5, 5.41) is 22.0. The Hall–Kier alpha value is -2.67. The summed E-state index contributed by atoms with van der Waals surface area (Å²) in [6.07, 6.45) is -4.78. The first-order valence-corrected chi connectivity index (χ1v) is 13.6. The minimum atomic E-state index is -5.10. The zero-order chi connectivity index (χ0) is 26.8. The van der Waals surface area contributed by atoms with Gasteiger partial charge in [-0.1, -0.05) is 58.4 Å². The molecular weight excluding hydrogens is 579 g/mol. The molecule has 0 amide bonds. The van der Waals surface area contributed by atoms with E-state index in [2.05, 4.69) is 20.9 Å². The molecule has 3 aromatic rings. The second-order valence-corrected chi connectivity index (χ2v) is 12.1. The highest BCUT2D eigenvalue weighted by molar-refractivity contribution is 9.10. The van der Waals surface area contributed by atoms with Gasteiger partial charge in [0.25, 0.3) is 0 Å². The van der Waals surface area contributed by atoms with E-state index in [1.165, 1.54) is 31.6 Å². The first kappa shape index (κ1) is 26.0. The van der Waals surface area contributed by atoms with E-state index < -0.39 is 50.2 Å². The molecule has 37 heavy (non-hydrogen) atoms. The molecule has 2 aliphatic rings. The summed E-state index contributed by atoms with van der Waals surface area (Å²) < 4.78 is 79.7. The largest absolute Gasteiger partial charge is 0.495 e. The predicted molar refractivity (Wildman–Crippen MR) is 130 cm³/mol. The van der Waals surface area contributed by atoms with Gasteiger partial charge in [-0.2, -0.15) is 13.2 Å². The lowest BCUT2D eigenvalue weighted by Crippen LogP contribution is -2.52. The Bertz CT molecular complexity index is 1440. The van der Waals surface area contributed by atoms with Crippen LogP contribution in [-0.4, -0.2) is 54.0 Å². The Morgan fingerprint density at radius 2 is 1.76 bits per heavy atom. The number of aliphatic hydroxyl groups excluding tert-OH is 1. The van der Waals surface area contributed by atoms with Crippen molar-refractivity contribution in [3.05, 3.63) is 88.2 Å². The molecule has 12 heteroatoms. The summed E-state index contributed by atoms with van der Waals surface area (Å²) in [4.78, 5) is 4.05. The molecule has 5 atom stereocenters. The smallest absolute Gasteiger partial charge is 0.402 e. The van der Waals surface area contributed by atoms with Gasteiger partial charge in [0.2, 0.25) is 0 Å². The van der Waals surface area contributed by atoms with Crippen LogP contribution >= 0.6 is 15.9 Å². The minimum Gasteiger partial charge on any atom is -0.495 e. The third-order valence-corrected chi connectivity index (χ3v) is 9.65. The highest BCUT2D eigenvalue weighted by atomic mass is 79.9. The van der Waals surface area contributed by atoms with Crippen molar-refractivity contribution in [2.75, 3.05) is 12.9 Å². The quantitative estimate of drug-likeness (QED) is 0.459. The van der Waals surface area contributed by atoms with Crippen molar-refractivity contribution in [3.8, 4) is 11.5 Å². The van der Waals surface area contributed by atoms with Crippen LogP contribution in [-0.2, 0) is 21.0 Å². The molecular formula is C25H21BrF3NO6S. The van der Waals surface area contributed by atoms with Crippen LogP contribution < -0.4 is 9.47 Å². The van der Waals surface area contributed by atoms with Gasteiger partial charge in [-0.25, -0.2) is 8.42 Å². The van der Waals surface area contributed by atoms with Gasteiger partial charge in [-0.05, 0) is 23.3 Å². The maximum Gasteiger partial charge on any atom is 0.402 e. The zero-order valence-electron chi connectivity index (χ0n) is 19.2. The van der Waals surface area contributed by atoms with Crippen molar-refractivity contribution in [2.45, 2.75) is 34.7 Å². The average molecular weight is 600 g/mol. The molecule has 1 aromatic heterocycles. The molecule has 0 bridgehead atoms. The molecule has 2 heterocycles. The Morgan fingerprint density at radius 3 is 2.35 bits per heavy atom. The van der Waals surface area contributed by atoms with Crippen molar-refractivity contribution in [2.24, 2.45) is 0 Å². The molecule has 0 unspecified atom stereocenters. The second-order valence-electron chi connectivity index (χ2n) is 9.05. The van der Waals surface area contributed by atoms with E-state index in [0.717, 1.165) is 0 Å². The highest BCUT2D eigenvalue weighted by Crippen LogP contribution is 2.69. The van der Waals surface area contributed by atoms with Gasteiger partial charge in [0.15, 0.2) is 21.0 Å². The zero-order valence-corrected chi connectivity index (χ0v) is 21.6. The van der Waals surface area contributed by atoms with Gasteiger partial charge in [-0.15, -0.1) is 0 Å². The van der Waals surface area contributed by atoms with Crippen LogP contribution in [0.4, 0.5) is 13.2 Å². The molecule has 0 spiro atoms. The molecule has 1 fully saturated rings. The molecule has 1 aliphatic carbocycles. The van der Waals surface area contributed by atoms with E-state index in [1.807, 2.05) is 0 Å². The summed E-state index contributed by atoms with van der Waals surface area (Å²) in [7, 11) is -3.82. The first-order chi connectivity index (χ1) is 17.4. The number of sulfone groups is 1. The monoisotopic (exact) mass is 599 g/mol. The number of rotatable bonds is 5. The third kappa shape index (κ3) is 3.76. The predicted octanol–water partition coefficient (Wildman–Crippen LogP) is 3.83. The van der Waals surface area contributed by atoms with Gasteiger partial charge in [0.05, 0.1) is 31.0 Å². The number of aliphatic hydroxyl groups is 2. The number of hydrogen-bond donors (Lipinski definition) is 2. The minimum absolute atomic E-state index is 0.0106. The summed E-state index contributed by atoms with van der Waals surface area (Å²) in [5.41, 5.74) is -4.18. The summed E-state index contributed by atoms with van der Waals surface area (Å²) >= 11 is 3.33. The fourth-order valence-corrected chi connectivity index (χ4v) is 8.02. The van der Waals surface area contributed by atoms with Gasteiger partial charge < -0.3 is 19.7 Å². The van der Waals surface area contributed by atoms with Crippen LogP contribution in [0.5, 0.6) is 11.5 Å². The molecule has 7 nitrogen and oxygen atoms in total. The van der Waals surface area contributed by atoms with E-state index in [1.54, 1.807) is 42.5 Å². The highest BCUT2D eigenvalue weighted by Gasteiger charge is 2.79. The number of nitrogens with zero attached hydrogens (tertiary/aromatic N) is 1. The fourth-order valence-electron chi connectivity index (χ4n) is 5.76. The van der Waals surface area contributed by atoms with Crippen LogP contribution in [0, 0.1) is 0 Å². The van der Waals surface area contributed by atoms with Crippen molar-refractivity contribution in [1.29, 1.82) is 0 Å². The molecule has 1 saturated carbocycles. The Kier molecular flexibility index (Phi) is 6.09. The SMILES string of the molecule is COc1cncc2c1[C@]1(O)[C@H](O)[C@H](S(=O)(=O)CC(F)(F)F)[C@@H](c3ccccc3)[C@]1(c1ccc(Br)cc1)O2. The molecule has 2 N–H and O–H groups in total. The fraction of sp³-hybridized carbons (Fsp3) is 0.320. The van der Waals surface area contributed by atoms with Gasteiger partial charge in [-0.3, -0.25) is 4.98 Å². The number of methoxy groups -OCH3 is 1. The van der Waals surface area contributed by atoms with Gasteiger partial charge in [0.1, 0.15) is 28.6 Å². The van der Waals surface area contributed by atoms with E-state index in [0.29, 0.717) is 4.47 Å². The number of halogens is 4. The van der Waals surface area contributed by atoms with Crippen LogP contribution in [0.1, 0.15) is 22.6 Å². The van der Waals surface area contributed by atoms with E-state index >= 15 is 0 Å². The maximum atomic E-state index is 13.5. The van der Waals surface area contributed by atoms with Crippen LogP contribution in [0.3, 0.4) is 0 Å². The van der Waals surface area contributed by atoms with E-state index in [4.69, 9.17) is 9.47 Å². The summed E-state index contributed by atoms with van der Waals surface area (Å²) in [6.45, 7) is 0. The summed E-state index contributed by atoms with van der Waals surface area (Å²) in [6, 6.07) is 14.3. The molecule has 2 aromatic carbocycles. The first-order valence-electron chi connectivity index (χ1n) is 11.1. The second kappa shape index (κ2) is 8.69. The van der Waals surface area contributed by atoms with Crippen LogP contribution in [0.2, 0.25) is 0 Å². The average Bonchev–Trinajstić information content (AvgIpc) is 3.22. The third-order valence-electron chi connectivity index (χ3n) is 7.03. The van der Waals surface area contributed by atoms with Crippen molar-refractivity contribution in [1.82, 2.24) is 4.98 Å². The van der Waals surface area contributed by atoms with Gasteiger partial charge in [0, 0.05) is 4.47 Å². The lowest BCUT2D eigenvalue weighted by molar-refractivity contribution is -0.149. The topological polar surface area (TPSA) is 106 Å². The maximum absolute atomic E-state index is 13.5. The standard InChI is InChI=1S/C25H21BrF3NO6S/c1-35-17-11-30-12-18-20(17)24(32)22(31)21(37(33,34)13-23(27,28)29)19(14-5-3-2-4-6-14)25(24,36-18)15-7-9-16(26)10-8-15/h2-12,19,21-22,31-32H,13H2,1H3/t19-,21-,22-,24+,25+/m1/s1. The van der Waals surface area contributed by atoms with Gasteiger partial charge >= 0.3 is 6.18 Å². The van der Waals surface area contributed by atoms with Crippen LogP contribution in [0.15, 0.2) is 71.5 Å². The Morgan fingerprint density at radius 1 is 1.11 bits per heavy atom. The number of ether oxygens (including phenoxy) is 2. The normalized spacial score (nSPS) is 28.9. The van der Waals surface area contributed by atoms with Crippen molar-refractivity contribution < 1.29 is 41.3 Å². The molecule has 0 saturated heterocycles. The summed E-state index contributed by atoms with van der Waals surface area (Å²) in [5.74, 6) is -3.65. The molecule has 5 rings (SSSR count). The lowest BCUT2D eigenvalue weighted by Gasteiger charge is -2.40. The van der Waals surface area contributed by atoms with Crippen molar-refractivity contribution >= 4 is 25.8 Å². The number of hydrogen-bond acceptors (Lipinski definition) is 7. The molecule has 196 valence electrons. The Balaban J connectivity index is 1.89. The van der Waals surface area contributed by atoms with E-state index in [9.17, 15) is 31.8 Å². The molecule has 1 aliphatic heterocycles. The molecule has 0 radical (unpaired) electrons. The Labute approximate surface area is 218 Å². The van der Waals surface area contributed by atoms with Crippen LogP contribution in [0.25, 0.3) is 0 Å². The number of benzene rings is 2. The number of pyridine rings is 1. The van der Waals surface area contributed by atoms with E-state index in [-0.39, 0.29) is 28.2 Å². The number of aromatic nitrogens is 1. The lowest BCUT2D eigenvalue weighted by atomic mass is 9.71. The number of alkyl halides is 3. The number of fused-ring (bicyclic) bond motifs is 3. The van der Waals surface area contributed by atoms with Crippen molar-refractivity contribution in [3.63, 3.8) is 0 Å².